The van der Waals surface area contributed by atoms with E-state index in [0.29, 0.717) is 36.5 Å². The standard InChI is InChI=1S/C35H40O5/c1-22-12-27(14-23-16-29(20-36)34(39)31(18-23)25-8-4-2-5-9-25)33(38)28(13-22)15-24-17-30(21-37)35(40)32(19-24)26-10-6-3-7-11-26/h12-13,16-21,25-26,38-40H,2-11,14-15H2,1H3. The first-order valence-electron chi connectivity index (χ1n) is 14.8. The number of carbonyl (C=O) groups is 2. The highest BCUT2D eigenvalue weighted by molar-refractivity contribution is 5.81. The van der Waals surface area contributed by atoms with Crippen molar-refractivity contribution in [1.82, 2.24) is 0 Å². The van der Waals surface area contributed by atoms with Crippen LogP contribution in [0.3, 0.4) is 0 Å². The molecule has 3 aromatic rings. The Kier molecular flexibility index (Phi) is 8.58. The number of hydrogen-bond donors (Lipinski definition) is 3. The van der Waals surface area contributed by atoms with Crippen molar-refractivity contribution in [2.24, 2.45) is 0 Å². The summed E-state index contributed by atoms with van der Waals surface area (Å²) in [6.45, 7) is 1.99. The van der Waals surface area contributed by atoms with E-state index in [1.807, 2.05) is 31.2 Å². The lowest BCUT2D eigenvalue weighted by atomic mass is 9.81. The summed E-state index contributed by atoms with van der Waals surface area (Å²) in [6.07, 6.45) is 13.2. The lowest BCUT2D eigenvalue weighted by Gasteiger charge is -2.24. The lowest BCUT2D eigenvalue weighted by Crippen LogP contribution is -2.07. The topological polar surface area (TPSA) is 94.8 Å². The third-order valence-electron chi connectivity index (χ3n) is 9.00. The fraction of sp³-hybridized carbons (Fsp3) is 0.429. The smallest absolute Gasteiger partial charge is 0.153 e. The van der Waals surface area contributed by atoms with Crippen molar-refractivity contribution in [2.75, 3.05) is 0 Å². The molecular formula is C35H40O5. The maximum atomic E-state index is 11.8. The molecule has 2 aliphatic carbocycles. The normalized spacial score (nSPS) is 16.6. The van der Waals surface area contributed by atoms with E-state index in [4.69, 9.17) is 0 Å². The van der Waals surface area contributed by atoms with Crippen molar-refractivity contribution in [3.63, 3.8) is 0 Å². The highest BCUT2D eigenvalue weighted by Crippen LogP contribution is 2.41. The van der Waals surface area contributed by atoms with Crippen LogP contribution in [0.25, 0.3) is 0 Å². The molecule has 3 N–H and O–H groups in total. The van der Waals surface area contributed by atoms with Gasteiger partial charge in [0, 0.05) is 12.8 Å². The van der Waals surface area contributed by atoms with Gasteiger partial charge in [-0.05, 0) is 90.0 Å². The van der Waals surface area contributed by atoms with Crippen LogP contribution in [0, 0.1) is 6.92 Å². The summed E-state index contributed by atoms with van der Waals surface area (Å²) in [5.41, 5.74) is 6.58. The van der Waals surface area contributed by atoms with E-state index < -0.39 is 0 Å². The first-order valence-corrected chi connectivity index (χ1v) is 14.8. The predicted octanol–water partition coefficient (Wildman–Crippen LogP) is 8.01. The molecule has 0 saturated heterocycles. The maximum Gasteiger partial charge on any atom is 0.153 e. The molecule has 40 heavy (non-hydrogen) atoms. The van der Waals surface area contributed by atoms with Gasteiger partial charge in [0.1, 0.15) is 17.2 Å². The fourth-order valence-corrected chi connectivity index (χ4v) is 6.97. The van der Waals surface area contributed by atoms with Crippen molar-refractivity contribution in [2.45, 2.75) is 95.8 Å². The molecule has 0 spiro atoms. The molecule has 2 fully saturated rings. The Labute approximate surface area is 236 Å². The summed E-state index contributed by atoms with van der Waals surface area (Å²) in [5, 5.41) is 33.0. The summed E-state index contributed by atoms with van der Waals surface area (Å²) < 4.78 is 0. The Balaban J connectivity index is 1.47. The molecular weight excluding hydrogens is 500 g/mol. The monoisotopic (exact) mass is 540 g/mol. The van der Waals surface area contributed by atoms with Crippen LogP contribution in [0.2, 0.25) is 0 Å². The highest BCUT2D eigenvalue weighted by atomic mass is 16.3. The van der Waals surface area contributed by atoms with Crippen LogP contribution in [-0.4, -0.2) is 27.9 Å². The quantitative estimate of drug-likeness (QED) is 0.252. The van der Waals surface area contributed by atoms with Gasteiger partial charge in [-0.15, -0.1) is 0 Å². The number of phenolic OH excluding ortho intramolecular Hbond substituents is 3. The second-order valence-electron chi connectivity index (χ2n) is 11.9. The van der Waals surface area contributed by atoms with Gasteiger partial charge in [-0.25, -0.2) is 0 Å². The van der Waals surface area contributed by atoms with E-state index in [1.165, 1.54) is 12.8 Å². The molecule has 5 nitrogen and oxygen atoms in total. The number of aryl methyl sites for hydroxylation is 1. The molecule has 0 bridgehead atoms. The number of aldehydes is 2. The van der Waals surface area contributed by atoms with E-state index in [-0.39, 0.29) is 29.1 Å². The van der Waals surface area contributed by atoms with Gasteiger partial charge in [0.2, 0.25) is 0 Å². The fourth-order valence-electron chi connectivity index (χ4n) is 6.97. The van der Waals surface area contributed by atoms with Crippen molar-refractivity contribution in [3.05, 3.63) is 86.5 Å². The van der Waals surface area contributed by atoms with Crippen molar-refractivity contribution in [3.8, 4) is 17.2 Å². The summed E-state index contributed by atoms with van der Waals surface area (Å²) in [7, 11) is 0. The average molecular weight is 541 g/mol. The zero-order valence-corrected chi connectivity index (χ0v) is 23.4. The molecule has 5 rings (SSSR count). The number of carbonyl (C=O) groups excluding carboxylic acids is 2. The molecule has 0 heterocycles. The van der Waals surface area contributed by atoms with Gasteiger partial charge in [-0.2, -0.15) is 0 Å². The lowest BCUT2D eigenvalue weighted by molar-refractivity contribution is 0.111. The zero-order valence-electron chi connectivity index (χ0n) is 23.4. The summed E-state index contributed by atoms with van der Waals surface area (Å²) >= 11 is 0. The molecule has 3 aromatic carbocycles. The van der Waals surface area contributed by atoms with Crippen LogP contribution >= 0.6 is 0 Å². The first kappa shape index (κ1) is 27.9. The van der Waals surface area contributed by atoms with E-state index in [2.05, 4.69) is 0 Å². The minimum Gasteiger partial charge on any atom is -0.507 e. The molecule has 2 saturated carbocycles. The Morgan fingerprint density at radius 1 is 0.600 bits per heavy atom. The van der Waals surface area contributed by atoms with E-state index in [9.17, 15) is 24.9 Å². The predicted molar refractivity (Wildman–Crippen MR) is 157 cm³/mol. The molecule has 0 atom stereocenters. The van der Waals surface area contributed by atoms with Crippen LogP contribution in [0.4, 0.5) is 0 Å². The molecule has 0 unspecified atom stereocenters. The number of phenols is 3. The van der Waals surface area contributed by atoms with Crippen LogP contribution in [0.1, 0.15) is 136 Å². The minimum atomic E-state index is 0.0897. The van der Waals surface area contributed by atoms with Crippen LogP contribution in [0.15, 0.2) is 36.4 Å². The van der Waals surface area contributed by atoms with Gasteiger partial charge in [0.25, 0.3) is 0 Å². The molecule has 0 amide bonds. The Bertz CT molecular complexity index is 1290. The zero-order chi connectivity index (χ0) is 28.2. The van der Waals surface area contributed by atoms with Gasteiger partial charge in [0.05, 0.1) is 11.1 Å². The van der Waals surface area contributed by atoms with E-state index >= 15 is 0 Å². The van der Waals surface area contributed by atoms with E-state index in [0.717, 1.165) is 90.3 Å². The summed E-state index contributed by atoms with van der Waals surface area (Å²) in [6, 6.07) is 11.4. The Morgan fingerprint density at radius 3 is 1.38 bits per heavy atom. The maximum absolute atomic E-state index is 11.8. The van der Waals surface area contributed by atoms with E-state index in [1.54, 1.807) is 12.1 Å². The second-order valence-corrected chi connectivity index (χ2v) is 11.9. The number of benzene rings is 3. The van der Waals surface area contributed by atoms with Gasteiger partial charge < -0.3 is 15.3 Å². The van der Waals surface area contributed by atoms with Crippen molar-refractivity contribution >= 4 is 12.6 Å². The van der Waals surface area contributed by atoms with Crippen molar-refractivity contribution in [1.29, 1.82) is 0 Å². The number of rotatable bonds is 8. The molecule has 0 aliphatic heterocycles. The van der Waals surface area contributed by atoms with Gasteiger partial charge >= 0.3 is 0 Å². The third kappa shape index (κ3) is 5.94. The molecule has 210 valence electrons. The molecule has 5 heteroatoms. The third-order valence-corrected chi connectivity index (χ3v) is 9.00. The van der Waals surface area contributed by atoms with Crippen LogP contribution < -0.4 is 0 Å². The SMILES string of the molecule is Cc1cc(Cc2cc(C=O)c(O)c(C3CCCCC3)c2)c(O)c(Cc2cc(C=O)c(O)c(C3CCCCC3)c2)c1. The van der Waals surface area contributed by atoms with Crippen LogP contribution in [0.5, 0.6) is 17.2 Å². The van der Waals surface area contributed by atoms with Crippen LogP contribution in [-0.2, 0) is 12.8 Å². The van der Waals surface area contributed by atoms with Crippen molar-refractivity contribution < 1.29 is 24.9 Å². The average Bonchev–Trinajstić information content (AvgIpc) is 2.97. The highest BCUT2D eigenvalue weighted by Gasteiger charge is 2.23. The minimum absolute atomic E-state index is 0.0897. The molecule has 2 aliphatic rings. The Hall–Kier alpha value is -3.60. The largest absolute Gasteiger partial charge is 0.507 e. The van der Waals surface area contributed by atoms with Gasteiger partial charge in [-0.1, -0.05) is 68.4 Å². The molecule has 0 aromatic heterocycles. The second kappa shape index (κ2) is 12.3. The van der Waals surface area contributed by atoms with Gasteiger partial charge in [-0.3, -0.25) is 9.59 Å². The van der Waals surface area contributed by atoms with Gasteiger partial charge in [0.15, 0.2) is 12.6 Å². The summed E-state index contributed by atoms with van der Waals surface area (Å²) in [5.74, 6) is 0.868. The molecule has 0 radical (unpaired) electrons. The summed E-state index contributed by atoms with van der Waals surface area (Å²) in [4.78, 5) is 23.6. The first-order chi connectivity index (χ1) is 19.4. The number of hydrogen-bond acceptors (Lipinski definition) is 5. The number of aromatic hydroxyl groups is 3. The Morgan fingerprint density at radius 2 is 1.00 bits per heavy atom.